The van der Waals surface area contributed by atoms with E-state index in [2.05, 4.69) is 0 Å². The number of hydrogen-bond acceptors (Lipinski definition) is 5. The Morgan fingerprint density at radius 3 is 2.56 bits per heavy atom. The topological polar surface area (TPSA) is 29.5 Å². The Labute approximate surface area is 165 Å². The number of anilines is 1. The summed E-state index contributed by atoms with van der Waals surface area (Å²) in [4.78, 5) is 16.0. The molecule has 1 saturated heterocycles. The van der Waals surface area contributed by atoms with Crippen LogP contribution in [0.1, 0.15) is 5.56 Å². The van der Waals surface area contributed by atoms with E-state index < -0.39 is 0 Å². The molecule has 1 aliphatic rings. The normalized spacial score (nSPS) is 16.0. The van der Waals surface area contributed by atoms with Gasteiger partial charge in [-0.3, -0.25) is 9.69 Å². The van der Waals surface area contributed by atoms with Gasteiger partial charge in [-0.25, -0.2) is 0 Å². The van der Waals surface area contributed by atoms with Gasteiger partial charge in [-0.2, -0.15) is 0 Å². The van der Waals surface area contributed by atoms with E-state index >= 15 is 0 Å². The molecule has 2 aromatic carbocycles. The number of carbonyl (C=O) groups excluding carboxylic acids is 1. The van der Waals surface area contributed by atoms with Crippen LogP contribution in [0.15, 0.2) is 52.3 Å². The van der Waals surface area contributed by atoms with Crippen molar-refractivity contribution in [2.75, 3.05) is 18.3 Å². The molecule has 0 spiro atoms. The van der Waals surface area contributed by atoms with Crippen LogP contribution in [0, 0.1) is 0 Å². The Hall–Kier alpha value is -1.47. The van der Waals surface area contributed by atoms with Crippen LogP contribution in [0.5, 0.6) is 5.75 Å². The molecule has 0 unspecified atom stereocenters. The van der Waals surface area contributed by atoms with Crippen LogP contribution in [0.4, 0.5) is 5.69 Å². The van der Waals surface area contributed by atoms with Crippen molar-refractivity contribution in [3.63, 3.8) is 0 Å². The lowest BCUT2D eigenvalue weighted by Crippen LogP contribution is -2.27. The summed E-state index contributed by atoms with van der Waals surface area (Å²) in [5.41, 5.74) is 1.60. The number of hydrogen-bond donors (Lipinski definition) is 0. The van der Waals surface area contributed by atoms with Crippen molar-refractivity contribution < 1.29 is 9.53 Å². The molecule has 3 rings (SSSR count). The van der Waals surface area contributed by atoms with E-state index in [9.17, 15) is 4.79 Å². The maximum Gasteiger partial charge on any atom is 0.270 e. The van der Waals surface area contributed by atoms with Gasteiger partial charge in [-0.05, 0) is 48.2 Å². The molecule has 0 bridgehead atoms. The Morgan fingerprint density at radius 2 is 1.96 bits per heavy atom. The van der Waals surface area contributed by atoms with Gasteiger partial charge in [0.05, 0.1) is 22.7 Å². The zero-order chi connectivity index (χ0) is 18.0. The van der Waals surface area contributed by atoms with Crippen molar-refractivity contribution in [1.29, 1.82) is 0 Å². The number of nitrogens with zero attached hydrogens (tertiary/aromatic N) is 1. The SMILES string of the molecule is COc1ccc(N2C(=O)C(=Cc3ccc(SC)cc3)SC2=S)cc1Cl. The molecule has 0 saturated carbocycles. The maximum atomic E-state index is 12.8. The molecular formula is C18H14ClNO2S3. The first-order valence-corrected chi connectivity index (χ1v) is 10.1. The Bertz CT molecular complexity index is 865. The highest BCUT2D eigenvalue weighted by atomic mass is 35.5. The molecule has 1 aliphatic heterocycles. The fourth-order valence-electron chi connectivity index (χ4n) is 2.34. The van der Waals surface area contributed by atoms with E-state index in [0.717, 1.165) is 5.56 Å². The van der Waals surface area contributed by atoms with Gasteiger partial charge in [0, 0.05) is 4.90 Å². The van der Waals surface area contributed by atoms with Gasteiger partial charge in [0.2, 0.25) is 0 Å². The van der Waals surface area contributed by atoms with Gasteiger partial charge < -0.3 is 4.74 Å². The minimum absolute atomic E-state index is 0.148. The molecule has 0 radical (unpaired) electrons. The maximum absolute atomic E-state index is 12.8. The molecular weight excluding hydrogens is 394 g/mol. The van der Waals surface area contributed by atoms with E-state index in [-0.39, 0.29) is 5.91 Å². The summed E-state index contributed by atoms with van der Waals surface area (Å²) in [5.74, 6) is 0.408. The molecule has 1 fully saturated rings. The number of carbonyl (C=O) groups is 1. The number of thiocarbonyl (C=S) groups is 1. The lowest BCUT2D eigenvalue weighted by molar-refractivity contribution is -0.113. The first-order chi connectivity index (χ1) is 12.0. The van der Waals surface area contributed by atoms with Gasteiger partial charge in [0.1, 0.15) is 5.75 Å². The quantitative estimate of drug-likeness (QED) is 0.380. The van der Waals surface area contributed by atoms with Crippen molar-refractivity contribution in [3.8, 4) is 5.75 Å². The molecule has 0 atom stereocenters. The first kappa shape index (κ1) is 18.3. The fraction of sp³-hybridized carbons (Fsp3) is 0.111. The summed E-state index contributed by atoms with van der Waals surface area (Å²) in [7, 11) is 1.55. The van der Waals surface area contributed by atoms with Gasteiger partial charge in [-0.15, -0.1) is 11.8 Å². The van der Waals surface area contributed by atoms with Crippen molar-refractivity contribution in [2.45, 2.75) is 4.90 Å². The third-order valence-electron chi connectivity index (χ3n) is 3.60. The highest BCUT2D eigenvalue weighted by Crippen LogP contribution is 2.38. The molecule has 3 nitrogen and oxygen atoms in total. The Balaban J connectivity index is 1.89. The Morgan fingerprint density at radius 1 is 1.24 bits per heavy atom. The molecule has 1 amide bonds. The van der Waals surface area contributed by atoms with Crippen LogP contribution in [0.25, 0.3) is 6.08 Å². The van der Waals surface area contributed by atoms with Crippen molar-refractivity contribution >= 4 is 69.3 Å². The lowest BCUT2D eigenvalue weighted by atomic mass is 10.2. The van der Waals surface area contributed by atoms with Crippen molar-refractivity contribution in [3.05, 3.63) is 58.0 Å². The zero-order valence-corrected chi connectivity index (χ0v) is 16.7. The van der Waals surface area contributed by atoms with Crippen LogP contribution in [0.2, 0.25) is 5.02 Å². The van der Waals surface area contributed by atoms with Gasteiger partial charge in [-0.1, -0.05) is 47.7 Å². The van der Waals surface area contributed by atoms with Crippen LogP contribution < -0.4 is 9.64 Å². The average Bonchev–Trinajstić information content (AvgIpc) is 2.89. The van der Waals surface area contributed by atoms with Crippen LogP contribution in [-0.4, -0.2) is 23.6 Å². The van der Waals surface area contributed by atoms with Gasteiger partial charge >= 0.3 is 0 Å². The standard InChI is InChI=1S/C18H14ClNO2S3/c1-22-15-8-5-12(10-14(15)19)20-17(21)16(25-18(20)23)9-11-3-6-13(24-2)7-4-11/h3-10H,1-2H3. The molecule has 2 aromatic rings. The molecule has 25 heavy (non-hydrogen) atoms. The summed E-state index contributed by atoms with van der Waals surface area (Å²) in [6.45, 7) is 0. The predicted molar refractivity (Wildman–Crippen MR) is 112 cm³/mol. The number of ether oxygens (including phenoxy) is 1. The molecule has 0 N–H and O–H groups in total. The second-order valence-electron chi connectivity index (χ2n) is 5.11. The second kappa shape index (κ2) is 7.83. The summed E-state index contributed by atoms with van der Waals surface area (Å²) >= 11 is 14.5. The monoisotopic (exact) mass is 407 g/mol. The van der Waals surface area contributed by atoms with Crippen molar-refractivity contribution in [1.82, 2.24) is 0 Å². The largest absolute Gasteiger partial charge is 0.495 e. The third kappa shape index (κ3) is 3.87. The molecule has 1 heterocycles. The highest BCUT2D eigenvalue weighted by Gasteiger charge is 2.33. The Kier molecular flexibility index (Phi) is 5.74. The van der Waals surface area contributed by atoms with Crippen LogP contribution in [-0.2, 0) is 4.79 Å². The highest BCUT2D eigenvalue weighted by molar-refractivity contribution is 8.27. The first-order valence-electron chi connectivity index (χ1n) is 7.29. The summed E-state index contributed by atoms with van der Waals surface area (Å²) < 4.78 is 5.63. The zero-order valence-electron chi connectivity index (χ0n) is 13.5. The smallest absolute Gasteiger partial charge is 0.270 e. The number of thioether (sulfide) groups is 2. The predicted octanol–water partition coefficient (Wildman–Crippen LogP) is 5.48. The minimum Gasteiger partial charge on any atom is -0.495 e. The van der Waals surface area contributed by atoms with Gasteiger partial charge in [0.15, 0.2) is 4.32 Å². The van der Waals surface area contributed by atoms with E-state index in [1.54, 1.807) is 37.1 Å². The average molecular weight is 408 g/mol. The van der Waals surface area contributed by atoms with Crippen LogP contribution >= 0.6 is 47.3 Å². The minimum atomic E-state index is -0.148. The molecule has 0 aliphatic carbocycles. The second-order valence-corrected chi connectivity index (χ2v) is 8.07. The van der Waals surface area contributed by atoms with E-state index in [1.165, 1.54) is 21.6 Å². The fourth-order valence-corrected chi connectivity index (χ4v) is 4.30. The molecule has 128 valence electrons. The van der Waals surface area contributed by atoms with E-state index in [4.69, 9.17) is 28.6 Å². The molecule has 7 heteroatoms. The lowest BCUT2D eigenvalue weighted by Gasteiger charge is -2.15. The van der Waals surface area contributed by atoms with Gasteiger partial charge in [0.25, 0.3) is 5.91 Å². The number of amides is 1. The third-order valence-corrected chi connectivity index (χ3v) is 5.94. The number of benzene rings is 2. The summed E-state index contributed by atoms with van der Waals surface area (Å²) in [6.07, 6.45) is 3.88. The number of halogens is 1. The van der Waals surface area contributed by atoms with E-state index in [0.29, 0.717) is 25.7 Å². The number of methoxy groups -OCH3 is 1. The van der Waals surface area contributed by atoms with Crippen molar-refractivity contribution in [2.24, 2.45) is 0 Å². The number of rotatable bonds is 4. The molecule has 0 aromatic heterocycles. The summed E-state index contributed by atoms with van der Waals surface area (Å²) in [5, 5.41) is 0.436. The summed E-state index contributed by atoms with van der Waals surface area (Å²) in [6, 6.07) is 13.2. The van der Waals surface area contributed by atoms with Crippen LogP contribution in [0.3, 0.4) is 0 Å². The van der Waals surface area contributed by atoms with E-state index in [1.807, 2.05) is 36.6 Å².